The Kier molecular flexibility index (Phi) is 12.0. The lowest BCUT2D eigenvalue weighted by atomic mass is 10.0. The summed E-state index contributed by atoms with van der Waals surface area (Å²) in [7, 11) is 0. The summed E-state index contributed by atoms with van der Waals surface area (Å²) in [4.78, 5) is 37.4. The number of carbonyl (C=O) groups is 3. The summed E-state index contributed by atoms with van der Waals surface area (Å²) >= 11 is 0. The predicted octanol–water partition coefficient (Wildman–Crippen LogP) is 4.02. The highest BCUT2D eigenvalue weighted by molar-refractivity contribution is 5.90. The number of rotatable bonds is 15. The van der Waals surface area contributed by atoms with Gasteiger partial charge < -0.3 is 21.1 Å². The van der Waals surface area contributed by atoms with Gasteiger partial charge in [-0.2, -0.15) is 0 Å². The number of nitrogens with one attached hydrogen (secondary N) is 2. The molecular weight excluding hydrogens is 430 g/mol. The zero-order valence-electron chi connectivity index (χ0n) is 19.6. The van der Waals surface area contributed by atoms with Crippen molar-refractivity contribution in [2.75, 3.05) is 0 Å². The first-order chi connectivity index (χ1) is 16.5. The molecule has 0 saturated carbocycles. The number of hydrogen-bond acceptors (Lipinski definition) is 4. The maximum absolute atomic E-state index is 13.0. The Morgan fingerprint density at radius 2 is 1.47 bits per heavy atom. The summed E-state index contributed by atoms with van der Waals surface area (Å²) in [5.74, 6) is -1.07. The maximum Gasteiger partial charge on any atom is 0.408 e. The number of amides is 3. The molecule has 0 aliphatic rings. The molecule has 0 spiro atoms. The molecule has 0 aliphatic heterocycles. The Morgan fingerprint density at radius 3 is 2.09 bits per heavy atom. The van der Waals surface area contributed by atoms with Gasteiger partial charge in [0.15, 0.2) is 0 Å². The lowest BCUT2D eigenvalue weighted by Crippen LogP contribution is -2.53. The van der Waals surface area contributed by atoms with Gasteiger partial charge in [-0.3, -0.25) is 9.59 Å². The van der Waals surface area contributed by atoms with E-state index in [4.69, 9.17) is 10.5 Å². The van der Waals surface area contributed by atoms with Crippen LogP contribution >= 0.6 is 0 Å². The van der Waals surface area contributed by atoms with Gasteiger partial charge in [0.25, 0.3) is 0 Å². The van der Waals surface area contributed by atoms with Crippen molar-refractivity contribution in [1.82, 2.24) is 10.6 Å². The van der Waals surface area contributed by atoms with Crippen LogP contribution in [0.4, 0.5) is 4.79 Å². The van der Waals surface area contributed by atoms with Crippen LogP contribution in [0.5, 0.6) is 0 Å². The van der Waals surface area contributed by atoms with E-state index in [1.807, 2.05) is 66.7 Å². The Hall–Kier alpha value is -3.61. The first-order valence-electron chi connectivity index (χ1n) is 11.7. The molecule has 0 bridgehead atoms. The van der Waals surface area contributed by atoms with Gasteiger partial charge in [0.1, 0.15) is 18.7 Å². The van der Waals surface area contributed by atoms with Gasteiger partial charge in [-0.25, -0.2) is 4.79 Å². The summed E-state index contributed by atoms with van der Waals surface area (Å²) in [6.45, 7) is 3.79. The van der Waals surface area contributed by atoms with E-state index in [2.05, 4.69) is 17.2 Å². The topological polar surface area (TPSA) is 111 Å². The Balaban J connectivity index is 1.96. The quantitative estimate of drug-likeness (QED) is 0.272. The molecule has 0 aromatic heterocycles. The van der Waals surface area contributed by atoms with Crippen molar-refractivity contribution in [2.24, 2.45) is 5.73 Å². The maximum atomic E-state index is 13.0. The average Bonchev–Trinajstić information content (AvgIpc) is 2.84. The van der Waals surface area contributed by atoms with Crippen LogP contribution in [0.15, 0.2) is 73.3 Å². The summed E-state index contributed by atoms with van der Waals surface area (Å²) < 4.78 is 5.28. The van der Waals surface area contributed by atoms with Crippen LogP contribution in [-0.2, 0) is 27.4 Å². The first kappa shape index (κ1) is 26.6. The smallest absolute Gasteiger partial charge is 0.408 e. The molecule has 7 nitrogen and oxygen atoms in total. The van der Waals surface area contributed by atoms with E-state index >= 15 is 0 Å². The third-order valence-corrected chi connectivity index (χ3v) is 5.41. The Bertz CT molecular complexity index is 903. The van der Waals surface area contributed by atoms with E-state index in [-0.39, 0.29) is 13.0 Å². The second-order valence-corrected chi connectivity index (χ2v) is 8.19. The highest BCUT2D eigenvalue weighted by atomic mass is 16.5. The zero-order chi connectivity index (χ0) is 24.6. The number of hydrogen-bond donors (Lipinski definition) is 3. The van der Waals surface area contributed by atoms with Gasteiger partial charge in [-0.05, 0) is 30.4 Å². The SMILES string of the molecule is C=CCCCCCC[C@@H](NC(=O)[C@@H](Cc1ccccc1)NC(=O)OCc1ccccc1)C(N)=O. The number of benzene rings is 2. The minimum Gasteiger partial charge on any atom is -0.445 e. The van der Waals surface area contributed by atoms with Crippen LogP contribution in [-0.4, -0.2) is 30.0 Å². The van der Waals surface area contributed by atoms with Crippen molar-refractivity contribution in [2.45, 2.75) is 63.6 Å². The van der Waals surface area contributed by atoms with Crippen LogP contribution in [0.25, 0.3) is 0 Å². The van der Waals surface area contributed by atoms with Crippen LogP contribution in [0.1, 0.15) is 49.7 Å². The Morgan fingerprint density at radius 1 is 0.853 bits per heavy atom. The van der Waals surface area contributed by atoms with Crippen molar-refractivity contribution in [3.05, 3.63) is 84.4 Å². The van der Waals surface area contributed by atoms with Crippen LogP contribution in [0.3, 0.4) is 0 Å². The lowest BCUT2D eigenvalue weighted by Gasteiger charge is -2.22. The molecule has 2 rings (SSSR count). The molecule has 3 amide bonds. The average molecular weight is 466 g/mol. The number of allylic oxidation sites excluding steroid dienone is 1. The van der Waals surface area contributed by atoms with Crippen LogP contribution < -0.4 is 16.4 Å². The fraction of sp³-hybridized carbons (Fsp3) is 0.370. The van der Waals surface area contributed by atoms with Gasteiger partial charge in [0, 0.05) is 6.42 Å². The summed E-state index contributed by atoms with van der Waals surface area (Å²) in [5, 5.41) is 5.35. The number of primary amides is 1. The molecule has 0 heterocycles. The normalized spacial score (nSPS) is 12.2. The molecule has 4 N–H and O–H groups in total. The van der Waals surface area contributed by atoms with Crippen molar-refractivity contribution in [1.29, 1.82) is 0 Å². The van der Waals surface area contributed by atoms with Gasteiger partial charge in [-0.15, -0.1) is 6.58 Å². The minimum absolute atomic E-state index is 0.0854. The molecule has 2 aromatic carbocycles. The zero-order valence-corrected chi connectivity index (χ0v) is 19.6. The lowest BCUT2D eigenvalue weighted by molar-refractivity contribution is -0.128. The summed E-state index contributed by atoms with van der Waals surface area (Å²) in [5.41, 5.74) is 7.24. The van der Waals surface area contributed by atoms with Gasteiger partial charge in [-0.1, -0.05) is 86.0 Å². The molecule has 0 unspecified atom stereocenters. The van der Waals surface area contributed by atoms with Crippen molar-refractivity contribution in [3.8, 4) is 0 Å². The molecule has 7 heteroatoms. The van der Waals surface area contributed by atoms with Crippen LogP contribution in [0.2, 0.25) is 0 Å². The largest absolute Gasteiger partial charge is 0.445 e. The minimum atomic E-state index is -0.917. The van der Waals surface area contributed by atoms with E-state index < -0.39 is 30.0 Å². The Labute approximate surface area is 201 Å². The van der Waals surface area contributed by atoms with Gasteiger partial charge in [0.2, 0.25) is 11.8 Å². The van der Waals surface area contributed by atoms with Crippen LogP contribution in [0, 0.1) is 0 Å². The fourth-order valence-electron chi connectivity index (χ4n) is 3.51. The molecule has 2 aromatic rings. The number of alkyl carbamates (subject to hydrolysis) is 1. The third kappa shape index (κ3) is 10.3. The van der Waals surface area contributed by atoms with Gasteiger partial charge >= 0.3 is 6.09 Å². The van der Waals surface area contributed by atoms with Gasteiger partial charge in [0.05, 0.1) is 0 Å². The molecule has 182 valence electrons. The number of ether oxygens (including phenoxy) is 1. The molecule has 0 saturated heterocycles. The van der Waals surface area contributed by atoms with E-state index in [1.165, 1.54) is 0 Å². The monoisotopic (exact) mass is 465 g/mol. The molecule has 0 fully saturated rings. The van der Waals surface area contributed by atoms with E-state index in [0.717, 1.165) is 43.2 Å². The third-order valence-electron chi connectivity index (χ3n) is 5.41. The second kappa shape index (κ2) is 15.3. The molecule has 34 heavy (non-hydrogen) atoms. The predicted molar refractivity (Wildman–Crippen MR) is 133 cm³/mol. The molecular formula is C27H35N3O4. The molecule has 0 aliphatic carbocycles. The van der Waals surface area contributed by atoms with Crippen molar-refractivity contribution >= 4 is 17.9 Å². The molecule has 2 atom stereocenters. The summed E-state index contributed by atoms with van der Waals surface area (Å²) in [6, 6.07) is 16.9. The second-order valence-electron chi connectivity index (χ2n) is 8.19. The van der Waals surface area contributed by atoms with E-state index in [9.17, 15) is 14.4 Å². The summed E-state index contributed by atoms with van der Waals surface area (Å²) in [6.07, 6.45) is 6.61. The van der Waals surface area contributed by atoms with E-state index in [0.29, 0.717) is 6.42 Å². The standard InChI is InChI=1S/C27H35N3O4/c1-2-3-4-5-6-13-18-23(25(28)31)29-26(32)24(19-21-14-9-7-10-15-21)30-27(33)34-20-22-16-11-8-12-17-22/h2,7-12,14-17,23-24H,1,3-6,13,18-20H2,(H2,28,31)(H,29,32)(H,30,33)/t23-,24-/m1/s1. The highest BCUT2D eigenvalue weighted by Gasteiger charge is 2.26. The number of unbranched alkanes of at least 4 members (excludes halogenated alkanes) is 4. The highest BCUT2D eigenvalue weighted by Crippen LogP contribution is 2.10. The van der Waals surface area contributed by atoms with E-state index in [1.54, 1.807) is 0 Å². The number of nitrogens with two attached hydrogens (primary N) is 1. The fourth-order valence-corrected chi connectivity index (χ4v) is 3.51. The molecule has 0 radical (unpaired) electrons. The van der Waals surface area contributed by atoms with Crippen molar-refractivity contribution in [3.63, 3.8) is 0 Å². The first-order valence-corrected chi connectivity index (χ1v) is 11.7. The number of carbonyl (C=O) groups excluding carboxylic acids is 3. The van der Waals surface area contributed by atoms with Crippen molar-refractivity contribution < 1.29 is 19.1 Å².